The minimum atomic E-state index is -0.227. The molecule has 0 spiro atoms. The number of hydrogen-bond donors (Lipinski definition) is 1. The number of benzene rings is 1. The van der Waals surface area contributed by atoms with E-state index in [2.05, 4.69) is 15.5 Å². The van der Waals surface area contributed by atoms with Gasteiger partial charge in [-0.2, -0.15) is 0 Å². The first-order valence-electron chi connectivity index (χ1n) is 8.36. The average molecular weight is 345 g/mol. The first-order chi connectivity index (χ1) is 12.1. The van der Waals surface area contributed by atoms with Crippen molar-refractivity contribution in [1.29, 1.82) is 0 Å². The van der Waals surface area contributed by atoms with Gasteiger partial charge in [-0.05, 0) is 31.5 Å². The van der Waals surface area contributed by atoms with E-state index in [-0.39, 0.29) is 12.1 Å². The number of nitrogens with zero attached hydrogens (tertiary/aromatic N) is 4. The van der Waals surface area contributed by atoms with Crippen molar-refractivity contribution in [3.05, 3.63) is 35.9 Å². The summed E-state index contributed by atoms with van der Waals surface area (Å²) in [4.78, 5) is 14.3. The van der Waals surface area contributed by atoms with Crippen molar-refractivity contribution in [3.8, 4) is 11.5 Å². The van der Waals surface area contributed by atoms with Crippen LogP contribution in [0.4, 0.5) is 4.79 Å². The van der Waals surface area contributed by atoms with Crippen LogP contribution in [0.2, 0.25) is 0 Å². The van der Waals surface area contributed by atoms with E-state index in [1.54, 1.807) is 15.8 Å². The molecule has 8 heteroatoms. The molecule has 0 bridgehead atoms. The maximum Gasteiger partial charge on any atom is 0.318 e. The van der Waals surface area contributed by atoms with Gasteiger partial charge in [0.05, 0.1) is 6.04 Å². The summed E-state index contributed by atoms with van der Waals surface area (Å²) < 4.78 is 12.9. The largest absolute Gasteiger partial charge is 0.486 e. The van der Waals surface area contributed by atoms with Crippen LogP contribution in [0.25, 0.3) is 0 Å². The van der Waals surface area contributed by atoms with Gasteiger partial charge in [0.25, 0.3) is 0 Å². The molecule has 1 aromatic carbocycles. The summed E-state index contributed by atoms with van der Waals surface area (Å²) in [5.74, 6) is 2.19. The van der Waals surface area contributed by atoms with Crippen molar-refractivity contribution in [2.24, 2.45) is 7.05 Å². The summed E-state index contributed by atoms with van der Waals surface area (Å²) in [6.07, 6.45) is 1.62. The number of carbonyl (C=O) groups excluding carboxylic acids is 1. The van der Waals surface area contributed by atoms with Crippen molar-refractivity contribution < 1.29 is 14.3 Å². The molecule has 1 aliphatic heterocycles. The highest BCUT2D eigenvalue weighted by Gasteiger charge is 2.19. The number of ether oxygens (including phenoxy) is 2. The van der Waals surface area contributed by atoms with Crippen LogP contribution in [0.5, 0.6) is 11.5 Å². The summed E-state index contributed by atoms with van der Waals surface area (Å²) in [7, 11) is 1.85. The molecule has 134 valence electrons. The summed E-state index contributed by atoms with van der Waals surface area (Å²) in [5, 5.41) is 10.8. The molecule has 1 aromatic heterocycles. The smallest absolute Gasteiger partial charge is 0.318 e. The van der Waals surface area contributed by atoms with Crippen LogP contribution in [0.1, 0.15) is 31.3 Å². The lowest BCUT2D eigenvalue weighted by molar-refractivity contribution is 0.171. The number of urea groups is 1. The molecule has 1 N–H and O–H groups in total. The van der Waals surface area contributed by atoms with E-state index in [0.29, 0.717) is 32.1 Å². The molecule has 0 unspecified atom stereocenters. The molecule has 0 radical (unpaired) electrons. The van der Waals surface area contributed by atoms with Crippen LogP contribution < -0.4 is 14.8 Å². The highest BCUT2D eigenvalue weighted by molar-refractivity contribution is 5.74. The fraction of sp³-hybridized carbons (Fsp3) is 0.471. The highest BCUT2D eigenvalue weighted by atomic mass is 16.6. The van der Waals surface area contributed by atoms with Gasteiger partial charge >= 0.3 is 6.03 Å². The fourth-order valence-electron chi connectivity index (χ4n) is 2.76. The third-order valence-corrected chi connectivity index (χ3v) is 4.12. The predicted molar refractivity (Wildman–Crippen MR) is 91.5 cm³/mol. The van der Waals surface area contributed by atoms with Gasteiger partial charge in [0, 0.05) is 20.1 Å². The number of aromatic nitrogens is 3. The molecule has 0 aliphatic carbocycles. The van der Waals surface area contributed by atoms with Crippen LogP contribution in [-0.4, -0.2) is 45.5 Å². The van der Waals surface area contributed by atoms with Crippen molar-refractivity contribution in [2.75, 3.05) is 19.8 Å². The minimum Gasteiger partial charge on any atom is -0.486 e. The molecule has 3 rings (SSSR count). The van der Waals surface area contributed by atoms with Gasteiger partial charge in [0.2, 0.25) is 0 Å². The Balaban J connectivity index is 1.65. The van der Waals surface area contributed by atoms with E-state index in [9.17, 15) is 4.79 Å². The van der Waals surface area contributed by atoms with Gasteiger partial charge in [-0.3, -0.25) is 0 Å². The van der Waals surface area contributed by atoms with Gasteiger partial charge in [0.15, 0.2) is 17.3 Å². The number of fused-ring (bicyclic) bond motifs is 1. The van der Waals surface area contributed by atoms with E-state index in [1.807, 2.05) is 39.1 Å². The van der Waals surface area contributed by atoms with Crippen molar-refractivity contribution in [3.63, 3.8) is 0 Å². The molecule has 8 nitrogen and oxygen atoms in total. The van der Waals surface area contributed by atoms with Gasteiger partial charge in [0.1, 0.15) is 19.5 Å². The third-order valence-electron chi connectivity index (χ3n) is 4.12. The zero-order chi connectivity index (χ0) is 17.8. The van der Waals surface area contributed by atoms with Crippen LogP contribution in [0, 0.1) is 0 Å². The predicted octanol–water partition coefficient (Wildman–Crippen LogP) is 1.88. The number of rotatable bonds is 5. The van der Waals surface area contributed by atoms with Crippen LogP contribution in [0.15, 0.2) is 24.5 Å². The Bertz CT molecular complexity index is 746. The lowest BCUT2D eigenvalue weighted by atomic mass is 10.2. The van der Waals surface area contributed by atoms with Gasteiger partial charge in [-0.25, -0.2) is 4.79 Å². The first-order valence-corrected chi connectivity index (χ1v) is 8.36. The van der Waals surface area contributed by atoms with Gasteiger partial charge in [-0.1, -0.05) is 6.07 Å². The Kier molecular flexibility index (Phi) is 5.06. The monoisotopic (exact) mass is 345 g/mol. The van der Waals surface area contributed by atoms with Gasteiger partial charge in [-0.15, -0.1) is 10.2 Å². The van der Waals surface area contributed by atoms with E-state index in [0.717, 1.165) is 17.1 Å². The molecule has 0 saturated carbocycles. The Morgan fingerprint density at radius 2 is 2.12 bits per heavy atom. The minimum absolute atomic E-state index is 0.145. The Labute approximate surface area is 146 Å². The normalized spacial score (nSPS) is 14.0. The first kappa shape index (κ1) is 17.1. The van der Waals surface area contributed by atoms with Crippen LogP contribution in [-0.2, 0) is 13.6 Å². The second-order valence-electron chi connectivity index (χ2n) is 5.96. The lowest BCUT2D eigenvalue weighted by Crippen LogP contribution is -2.41. The number of hydrogen-bond acceptors (Lipinski definition) is 5. The summed E-state index contributed by atoms with van der Waals surface area (Å²) in [6, 6.07) is 5.39. The quantitative estimate of drug-likeness (QED) is 0.895. The second-order valence-corrected chi connectivity index (χ2v) is 5.96. The lowest BCUT2D eigenvalue weighted by Gasteiger charge is -2.25. The maximum atomic E-state index is 12.6. The Morgan fingerprint density at radius 1 is 1.36 bits per heavy atom. The SMILES string of the molecule is CCN(Cc1ccc2c(c1)OCCO2)C(=O)N[C@H](C)c1nncn1C. The molecular formula is C17H23N5O3. The summed E-state index contributed by atoms with van der Waals surface area (Å²) in [6.45, 7) is 6.03. The Morgan fingerprint density at radius 3 is 2.80 bits per heavy atom. The zero-order valence-corrected chi connectivity index (χ0v) is 14.7. The second kappa shape index (κ2) is 7.42. The number of amides is 2. The van der Waals surface area contributed by atoms with E-state index in [4.69, 9.17) is 9.47 Å². The molecule has 2 aromatic rings. The van der Waals surface area contributed by atoms with Crippen molar-refractivity contribution in [2.45, 2.75) is 26.4 Å². The number of carbonyl (C=O) groups is 1. The van der Waals surface area contributed by atoms with Crippen molar-refractivity contribution in [1.82, 2.24) is 25.0 Å². The topological polar surface area (TPSA) is 81.5 Å². The molecule has 0 saturated heterocycles. The van der Waals surface area contributed by atoms with Crippen molar-refractivity contribution >= 4 is 6.03 Å². The van der Waals surface area contributed by atoms with Gasteiger partial charge < -0.3 is 24.3 Å². The molecule has 2 amide bonds. The van der Waals surface area contributed by atoms with E-state index in [1.165, 1.54) is 0 Å². The van der Waals surface area contributed by atoms with Crippen LogP contribution in [0.3, 0.4) is 0 Å². The average Bonchev–Trinajstić information content (AvgIpc) is 3.05. The molecule has 2 heterocycles. The zero-order valence-electron chi connectivity index (χ0n) is 14.7. The van der Waals surface area contributed by atoms with Crippen LogP contribution >= 0.6 is 0 Å². The Hall–Kier alpha value is -2.77. The number of nitrogens with one attached hydrogen (secondary N) is 1. The molecular weight excluding hydrogens is 322 g/mol. The van der Waals surface area contributed by atoms with E-state index >= 15 is 0 Å². The van der Waals surface area contributed by atoms with E-state index < -0.39 is 0 Å². The number of aryl methyl sites for hydroxylation is 1. The summed E-state index contributed by atoms with van der Waals surface area (Å²) in [5.41, 5.74) is 0.993. The molecule has 1 atom stereocenters. The molecule has 1 aliphatic rings. The highest BCUT2D eigenvalue weighted by Crippen LogP contribution is 2.31. The standard InChI is InChI=1S/C17H23N5O3/c1-4-22(17(23)19-12(2)16-20-18-11-21(16)3)10-13-5-6-14-15(9-13)25-8-7-24-14/h5-6,9,11-12H,4,7-8,10H2,1-3H3,(H,19,23)/t12-/m1/s1. The maximum absolute atomic E-state index is 12.6. The molecule has 0 fully saturated rings. The molecule has 25 heavy (non-hydrogen) atoms. The fourth-order valence-corrected chi connectivity index (χ4v) is 2.76. The third kappa shape index (κ3) is 3.84. The summed E-state index contributed by atoms with van der Waals surface area (Å²) >= 11 is 0.